The molecule has 1 aliphatic rings. The SMILES string of the molecule is CN(C)C=CC=C1C(=O)Oc2ccccc21. The molecule has 0 saturated carbocycles. The van der Waals surface area contributed by atoms with Gasteiger partial charge in [0.15, 0.2) is 0 Å². The van der Waals surface area contributed by atoms with E-state index in [2.05, 4.69) is 0 Å². The first-order chi connectivity index (χ1) is 7.68. The molecule has 3 heteroatoms. The summed E-state index contributed by atoms with van der Waals surface area (Å²) < 4.78 is 5.12. The highest BCUT2D eigenvalue weighted by atomic mass is 16.5. The lowest BCUT2D eigenvalue weighted by Crippen LogP contribution is -2.01. The van der Waals surface area contributed by atoms with Gasteiger partial charge in [-0.3, -0.25) is 0 Å². The quantitative estimate of drug-likeness (QED) is 0.429. The number of nitrogens with zero attached hydrogens (tertiary/aromatic N) is 1. The second-order valence-corrected chi connectivity index (χ2v) is 3.77. The number of benzene rings is 1. The minimum atomic E-state index is -0.287. The van der Waals surface area contributed by atoms with Crippen molar-refractivity contribution in [3.05, 3.63) is 48.2 Å². The van der Waals surface area contributed by atoms with Gasteiger partial charge in [-0.05, 0) is 24.4 Å². The lowest BCUT2D eigenvalue weighted by Gasteiger charge is -2.01. The molecule has 3 nitrogen and oxygen atoms in total. The Labute approximate surface area is 94.6 Å². The summed E-state index contributed by atoms with van der Waals surface area (Å²) in [6.45, 7) is 0. The van der Waals surface area contributed by atoms with Crippen LogP contribution < -0.4 is 4.74 Å². The van der Waals surface area contributed by atoms with Crippen molar-refractivity contribution in [3.8, 4) is 5.75 Å². The summed E-state index contributed by atoms with van der Waals surface area (Å²) in [5.74, 6) is 0.349. The fourth-order valence-electron chi connectivity index (χ4n) is 1.51. The van der Waals surface area contributed by atoms with Crippen LogP contribution in [0.4, 0.5) is 0 Å². The van der Waals surface area contributed by atoms with Gasteiger partial charge in [0.25, 0.3) is 0 Å². The van der Waals surface area contributed by atoms with Gasteiger partial charge in [-0.15, -0.1) is 0 Å². The number of esters is 1. The van der Waals surface area contributed by atoms with Crippen molar-refractivity contribution in [1.29, 1.82) is 0 Å². The van der Waals surface area contributed by atoms with E-state index in [9.17, 15) is 4.79 Å². The van der Waals surface area contributed by atoms with E-state index in [1.165, 1.54) is 0 Å². The minimum absolute atomic E-state index is 0.287. The number of allylic oxidation sites excluding steroid dienone is 2. The van der Waals surface area contributed by atoms with Gasteiger partial charge < -0.3 is 9.64 Å². The van der Waals surface area contributed by atoms with E-state index >= 15 is 0 Å². The standard InChI is InChI=1S/C13H13NO2/c1-14(2)9-5-7-11-10-6-3-4-8-12(10)16-13(11)15/h3-9H,1-2H3. The predicted octanol–water partition coefficient (Wildman–Crippen LogP) is 2.06. The first-order valence-corrected chi connectivity index (χ1v) is 5.05. The van der Waals surface area contributed by atoms with Crippen LogP contribution in [0, 0.1) is 0 Å². The summed E-state index contributed by atoms with van der Waals surface area (Å²) >= 11 is 0. The van der Waals surface area contributed by atoms with Gasteiger partial charge in [-0.2, -0.15) is 0 Å². The third kappa shape index (κ3) is 1.98. The number of rotatable bonds is 2. The van der Waals surface area contributed by atoms with E-state index in [-0.39, 0.29) is 5.97 Å². The van der Waals surface area contributed by atoms with Crippen LogP contribution in [0.15, 0.2) is 42.6 Å². The molecule has 1 heterocycles. The number of fused-ring (bicyclic) bond motifs is 1. The highest BCUT2D eigenvalue weighted by molar-refractivity contribution is 6.21. The first kappa shape index (κ1) is 10.5. The Morgan fingerprint density at radius 1 is 1.25 bits per heavy atom. The molecule has 0 bridgehead atoms. The molecule has 0 saturated heterocycles. The summed E-state index contributed by atoms with van der Waals surface area (Å²) in [4.78, 5) is 13.5. The molecule has 1 aliphatic heterocycles. The lowest BCUT2D eigenvalue weighted by atomic mass is 10.1. The Morgan fingerprint density at radius 3 is 2.75 bits per heavy atom. The zero-order chi connectivity index (χ0) is 11.5. The van der Waals surface area contributed by atoms with Crippen LogP contribution in [0.25, 0.3) is 5.57 Å². The Morgan fingerprint density at radius 2 is 2.00 bits per heavy atom. The maximum absolute atomic E-state index is 11.6. The van der Waals surface area contributed by atoms with Gasteiger partial charge in [0.2, 0.25) is 0 Å². The first-order valence-electron chi connectivity index (χ1n) is 5.05. The van der Waals surface area contributed by atoms with Gasteiger partial charge in [0, 0.05) is 19.7 Å². The van der Waals surface area contributed by atoms with Crippen molar-refractivity contribution in [3.63, 3.8) is 0 Å². The zero-order valence-electron chi connectivity index (χ0n) is 9.31. The fourth-order valence-corrected chi connectivity index (χ4v) is 1.51. The number of hydrogen-bond acceptors (Lipinski definition) is 3. The molecule has 0 unspecified atom stereocenters. The van der Waals surface area contributed by atoms with Crippen LogP contribution >= 0.6 is 0 Å². The number of hydrogen-bond donors (Lipinski definition) is 0. The maximum atomic E-state index is 11.6. The molecular formula is C13H13NO2. The number of carbonyl (C=O) groups is 1. The van der Waals surface area contributed by atoms with Crippen molar-refractivity contribution in [2.75, 3.05) is 14.1 Å². The van der Waals surface area contributed by atoms with E-state index in [0.717, 1.165) is 5.56 Å². The van der Waals surface area contributed by atoms with Crippen molar-refractivity contribution in [1.82, 2.24) is 4.90 Å². The molecule has 0 aromatic heterocycles. The van der Waals surface area contributed by atoms with E-state index in [4.69, 9.17) is 4.74 Å². The van der Waals surface area contributed by atoms with Crippen LogP contribution in [-0.4, -0.2) is 25.0 Å². The molecule has 2 rings (SSSR count). The molecule has 0 atom stereocenters. The van der Waals surface area contributed by atoms with Crippen molar-refractivity contribution < 1.29 is 9.53 Å². The van der Waals surface area contributed by atoms with E-state index < -0.39 is 0 Å². The molecule has 82 valence electrons. The number of carbonyl (C=O) groups excluding carboxylic acids is 1. The highest BCUT2D eigenvalue weighted by Gasteiger charge is 2.25. The lowest BCUT2D eigenvalue weighted by molar-refractivity contribution is -0.126. The Kier molecular flexibility index (Phi) is 2.77. The van der Waals surface area contributed by atoms with Crippen molar-refractivity contribution >= 4 is 11.5 Å². The molecule has 1 aromatic carbocycles. The van der Waals surface area contributed by atoms with Crippen LogP contribution in [-0.2, 0) is 4.79 Å². The summed E-state index contributed by atoms with van der Waals surface area (Å²) in [5.41, 5.74) is 1.46. The second-order valence-electron chi connectivity index (χ2n) is 3.77. The minimum Gasteiger partial charge on any atom is -0.422 e. The average molecular weight is 215 g/mol. The van der Waals surface area contributed by atoms with Gasteiger partial charge >= 0.3 is 5.97 Å². The second kappa shape index (κ2) is 4.23. The molecule has 0 spiro atoms. The summed E-state index contributed by atoms with van der Waals surface area (Å²) in [5, 5.41) is 0. The molecule has 0 N–H and O–H groups in total. The average Bonchev–Trinajstić information content (AvgIpc) is 2.55. The molecule has 1 aromatic rings. The molecule has 0 radical (unpaired) electrons. The zero-order valence-corrected chi connectivity index (χ0v) is 9.31. The summed E-state index contributed by atoms with van der Waals surface area (Å²) in [7, 11) is 3.85. The fraction of sp³-hybridized carbons (Fsp3) is 0.154. The number of para-hydroxylation sites is 1. The van der Waals surface area contributed by atoms with E-state index in [0.29, 0.717) is 11.3 Å². The van der Waals surface area contributed by atoms with Crippen molar-refractivity contribution in [2.45, 2.75) is 0 Å². The third-order valence-electron chi connectivity index (χ3n) is 2.25. The predicted molar refractivity (Wildman–Crippen MR) is 62.9 cm³/mol. The maximum Gasteiger partial charge on any atom is 0.344 e. The van der Waals surface area contributed by atoms with E-state index in [1.54, 1.807) is 12.1 Å². The van der Waals surface area contributed by atoms with Crippen LogP contribution in [0.5, 0.6) is 5.75 Å². The van der Waals surface area contributed by atoms with Crippen LogP contribution in [0.1, 0.15) is 5.56 Å². The van der Waals surface area contributed by atoms with Gasteiger partial charge in [-0.1, -0.05) is 18.2 Å². The van der Waals surface area contributed by atoms with Crippen LogP contribution in [0.3, 0.4) is 0 Å². The van der Waals surface area contributed by atoms with Gasteiger partial charge in [0.05, 0.1) is 5.57 Å². The topological polar surface area (TPSA) is 29.5 Å². The summed E-state index contributed by atoms with van der Waals surface area (Å²) in [6, 6.07) is 7.42. The number of ether oxygens (including phenoxy) is 1. The Bertz CT molecular complexity index is 473. The van der Waals surface area contributed by atoms with Crippen LogP contribution in [0.2, 0.25) is 0 Å². The Balaban J connectivity index is 2.32. The smallest absolute Gasteiger partial charge is 0.344 e. The molecular weight excluding hydrogens is 202 g/mol. The van der Waals surface area contributed by atoms with Gasteiger partial charge in [0.1, 0.15) is 5.75 Å². The van der Waals surface area contributed by atoms with Gasteiger partial charge in [-0.25, -0.2) is 4.79 Å². The highest BCUT2D eigenvalue weighted by Crippen LogP contribution is 2.33. The van der Waals surface area contributed by atoms with E-state index in [1.807, 2.05) is 49.5 Å². The normalized spacial score (nSPS) is 16.6. The van der Waals surface area contributed by atoms with Crippen molar-refractivity contribution in [2.24, 2.45) is 0 Å². The largest absolute Gasteiger partial charge is 0.422 e. The molecule has 0 aliphatic carbocycles. The molecule has 0 fully saturated rings. The molecule has 0 amide bonds. The Hall–Kier alpha value is -2.03. The third-order valence-corrected chi connectivity index (χ3v) is 2.25. The monoisotopic (exact) mass is 215 g/mol. The summed E-state index contributed by atoms with van der Waals surface area (Å²) in [6.07, 6.45) is 5.48. The molecule has 16 heavy (non-hydrogen) atoms.